The second kappa shape index (κ2) is 20.7. The monoisotopic (exact) mass is 317 g/mol. The van der Waals surface area contributed by atoms with Gasteiger partial charge < -0.3 is 10.2 Å². The zero-order valence-electron chi connectivity index (χ0n) is 13.4. The van der Waals surface area contributed by atoms with E-state index in [0.29, 0.717) is 11.8 Å². The summed E-state index contributed by atoms with van der Waals surface area (Å²) in [6, 6.07) is 0. The second-order valence-electron chi connectivity index (χ2n) is 5.17. The molecule has 0 N–H and O–H groups in total. The van der Waals surface area contributed by atoms with Crippen molar-refractivity contribution in [2.24, 2.45) is 11.8 Å². The number of unbranched alkanes of at least 4 members (excludes halogenated alkanes) is 2. The molecule has 2 unspecified atom stereocenters. The molecule has 0 amide bonds. The molecule has 0 spiro atoms. The Bertz CT molecular complexity index is 119. The van der Waals surface area contributed by atoms with E-state index in [4.69, 9.17) is 0 Å². The van der Waals surface area contributed by atoms with Crippen LogP contribution < -0.4 is 10.2 Å². The molecule has 0 saturated carbocycles. The fourth-order valence-corrected chi connectivity index (χ4v) is 1.80. The minimum absolute atomic E-state index is 0. The van der Waals surface area contributed by atoms with Crippen molar-refractivity contribution < 1.29 is 27.0 Å². The van der Waals surface area contributed by atoms with E-state index in [9.17, 15) is 10.2 Å². The Hall–Kier alpha value is 0.426. The topological polar surface area (TPSA) is 46.1 Å². The Labute approximate surface area is 131 Å². The standard InChI is InChI=1S/2C8H17O.Co/c2*1-3-5-6-8(4-2)7-9;/h2*8H,3-7H2,1-2H3;/q2*-1;+2. The third-order valence-electron chi connectivity index (χ3n) is 3.56. The smallest absolute Gasteiger partial charge is 0.854 e. The van der Waals surface area contributed by atoms with E-state index in [1.54, 1.807) is 0 Å². The van der Waals surface area contributed by atoms with Crippen LogP contribution in [-0.2, 0) is 16.8 Å². The number of rotatable bonds is 10. The third-order valence-corrected chi connectivity index (χ3v) is 3.56. The molecule has 2 nitrogen and oxygen atoms in total. The number of hydrogen-bond donors (Lipinski definition) is 0. The van der Waals surface area contributed by atoms with Gasteiger partial charge in [0.25, 0.3) is 0 Å². The van der Waals surface area contributed by atoms with Gasteiger partial charge in [0.15, 0.2) is 0 Å². The molecule has 2 atom stereocenters. The molecule has 119 valence electrons. The molecule has 0 heterocycles. The van der Waals surface area contributed by atoms with Crippen LogP contribution in [0, 0.1) is 11.8 Å². The molecule has 19 heavy (non-hydrogen) atoms. The van der Waals surface area contributed by atoms with Gasteiger partial charge in [0.2, 0.25) is 0 Å². The van der Waals surface area contributed by atoms with Crippen LogP contribution in [0.1, 0.15) is 79.1 Å². The molecule has 0 aliphatic heterocycles. The van der Waals surface area contributed by atoms with Crippen molar-refractivity contribution in [1.29, 1.82) is 0 Å². The zero-order chi connectivity index (χ0) is 14.2. The summed E-state index contributed by atoms with van der Waals surface area (Å²) in [6.45, 7) is 8.76. The van der Waals surface area contributed by atoms with Crippen LogP contribution in [0.25, 0.3) is 0 Å². The molecule has 0 aliphatic carbocycles. The van der Waals surface area contributed by atoms with Crippen molar-refractivity contribution >= 4 is 0 Å². The SMILES string of the molecule is CCCCC(CC)C[O-].CCCCC(CC)C[O-].[Co+2]. The van der Waals surface area contributed by atoms with Crippen LogP contribution in [0.4, 0.5) is 0 Å². The molecule has 0 aromatic rings. The molecule has 0 bridgehead atoms. The molecular weight excluding hydrogens is 283 g/mol. The van der Waals surface area contributed by atoms with Gasteiger partial charge in [0.1, 0.15) is 0 Å². The second-order valence-corrected chi connectivity index (χ2v) is 5.17. The van der Waals surface area contributed by atoms with Gasteiger partial charge in [-0.25, -0.2) is 0 Å². The summed E-state index contributed by atoms with van der Waals surface area (Å²) in [5.74, 6) is 0.898. The minimum Gasteiger partial charge on any atom is -0.854 e. The zero-order valence-corrected chi connectivity index (χ0v) is 14.4. The summed E-state index contributed by atoms with van der Waals surface area (Å²) < 4.78 is 0. The molecule has 1 radical (unpaired) electrons. The first-order chi connectivity index (χ1) is 8.69. The normalized spacial score (nSPS) is 12.9. The van der Waals surface area contributed by atoms with Crippen LogP contribution >= 0.6 is 0 Å². The molecule has 0 aromatic carbocycles. The average molecular weight is 317 g/mol. The van der Waals surface area contributed by atoms with Crippen molar-refractivity contribution in [2.45, 2.75) is 79.1 Å². The molecule has 0 aromatic heterocycles. The van der Waals surface area contributed by atoms with Gasteiger partial charge in [-0.2, -0.15) is 0 Å². The van der Waals surface area contributed by atoms with Gasteiger partial charge in [-0.05, 0) is 0 Å². The van der Waals surface area contributed by atoms with E-state index in [-0.39, 0.29) is 30.0 Å². The maximum Gasteiger partial charge on any atom is 2.00 e. The first kappa shape index (κ1) is 24.4. The Morgan fingerprint density at radius 3 is 1.16 bits per heavy atom. The van der Waals surface area contributed by atoms with Crippen molar-refractivity contribution in [1.82, 2.24) is 0 Å². The molecule has 3 heteroatoms. The summed E-state index contributed by atoms with van der Waals surface area (Å²) in [5.41, 5.74) is 0. The van der Waals surface area contributed by atoms with Gasteiger partial charge in [0.05, 0.1) is 0 Å². The Morgan fingerprint density at radius 1 is 0.684 bits per heavy atom. The Morgan fingerprint density at radius 2 is 1.00 bits per heavy atom. The van der Waals surface area contributed by atoms with Gasteiger partial charge >= 0.3 is 16.8 Å². The van der Waals surface area contributed by atoms with Crippen LogP contribution in [-0.4, -0.2) is 13.2 Å². The summed E-state index contributed by atoms with van der Waals surface area (Å²) >= 11 is 0. The van der Waals surface area contributed by atoms with E-state index < -0.39 is 0 Å². The third kappa shape index (κ3) is 18.4. The van der Waals surface area contributed by atoms with E-state index >= 15 is 0 Å². The predicted octanol–water partition coefficient (Wildman–Crippen LogP) is 3.12. The van der Waals surface area contributed by atoms with Crippen molar-refractivity contribution in [3.63, 3.8) is 0 Å². The molecule has 0 rings (SSSR count). The fourth-order valence-electron chi connectivity index (χ4n) is 1.80. The predicted molar refractivity (Wildman–Crippen MR) is 76.3 cm³/mol. The van der Waals surface area contributed by atoms with Crippen molar-refractivity contribution in [3.05, 3.63) is 0 Å². The molecule has 0 fully saturated rings. The largest absolute Gasteiger partial charge is 2.00 e. The van der Waals surface area contributed by atoms with Crippen molar-refractivity contribution in [2.75, 3.05) is 13.2 Å². The average Bonchev–Trinajstić information content (AvgIpc) is 2.42. The number of hydrogen-bond acceptors (Lipinski definition) is 2. The maximum absolute atomic E-state index is 10.4. The summed E-state index contributed by atoms with van der Waals surface area (Å²) in [7, 11) is 0. The molecule has 0 saturated heterocycles. The first-order valence-electron chi connectivity index (χ1n) is 7.86. The van der Waals surface area contributed by atoms with Crippen molar-refractivity contribution in [3.8, 4) is 0 Å². The van der Waals surface area contributed by atoms with Gasteiger partial charge in [0, 0.05) is 0 Å². The van der Waals surface area contributed by atoms with Gasteiger partial charge in [-0.1, -0.05) is 90.9 Å². The Kier molecular flexibility index (Phi) is 26.7. The molecule has 0 aliphatic rings. The van der Waals surface area contributed by atoms with Gasteiger partial charge in [-0.3, -0.25) is 0 Å². The Balaban J connectivity index is -0.000000256. The van der Waals surface area contributed by atoms with E-state index in [1.807, 2.05) is 0 Å². The summed E-state index contributed by atoms with van der Waals surface area (Å²) in [5, 5.41) is 20.7. The molecular formula is C16H34CoO2. The van der Waals surface area contributed by atoms with E-state index in [2.05, 4.69) is 27.7 Å². The van der Waals surface area contributed by atoms with Crippen LogP contribution in [0.2, 0.25) is 0 Å². The maximum atomic E-state index is 10.4. The first-order valence-corrected chi connectivity index (χ1v) is 7.86. The van der Waals surface area contributed by atoms with Crippen LogP contribution in [0.15, 0.2) is 0 Å². The minimum atomic E-state index is 0. The summed E-state index contributed by atoms with van der Waals surface area (Å²) in [4.78, 5) is 0. The summed E-state index contributed by atoms with van der Waals surface area (Å²) in [6.07, 6.45) is 9.27. The van der Waals surface area contributed by atoms with Crippen LogP contribution in [0.5, 0.6) is 0 Å². The van der Waals surface area contributed by atoms with Gasteiger partial charge in [-0.15, -0.1) is 13.2 Å². The quantitative estimate of drug-likeness (QED) is 0.621. The van der Waals surface area contributed by atoms with E-state index in [0.717, 1.165) is 25.7 Å². The van der Waals surface area contributed by atoms with E-state index in [1.165, 1.54) is 25.7 Å². The van der Waals surface area contributed by atoms with Crippen LogP contribution in [0.3, 0.4) is 0 Å². The fraction of sp³-hybridized carbons (Fsp3) is 1.00.